The second-order valence-corrected chi connectivity index (χ2v) is 9.12. The summed E-state index contributed by atoms with van der Waals surface area (Å²) < 4.78 is 0. The number of benzene rings is 3. The topological polar surface area (TPSA) is 125 Å². The van der Waals surface area contributed by atoms with Crippen molar-refractivity contribution < 1.29 is 4.79 Å². The van der Waals surface area contributed by atoms with E-state index in [1.54, 1.807) is 6.07 Å². The summed E-state index contributed by atoms with van der Waals surface area (Å²) >= 11 is 0. The highest BCUT2D eigenvalue weighted by Crippen LogP contribution is 2.32. The maximum atomic E-state index is 12.9. The summed E-state index contributed by atoms with van der Waals surface area (Å²) in [7, 11) is 0. The van der Waals surface area contributed by atoms with Crippen LogP contribution in [-0.2, 0) is 13.0 Å². The van der Waals surface area contributed by atoms with Gasteiger partial charge in [-0.15, -0.1) is 5.10 Å². The van der Waals surface area contributed by atoms with Gasteiger partial charge in [0, 0.05) is 36.0 Å². The standard InChI is InChI=1S/C28H25N9O/c1-18-10-12-21(13-11-18)29-28(38)32-25-16-24(22-8-4-5-9-23(22)26-33-35-36-34-26)30-27(31-25)37-15-14-19-6-2-3-7-20(19)17-37/h2-13,16H,14-15,17H2,1H3,(H,33,34,35,36)(H2,29,30,31,32,38). The van der Waals surface area contributed by atoms with Gasteiger partial charge in [-0.05, 0) is 47.0 Å². The average Bonchev–Trinajstić information content (AvgIpc) is 3.49. The number of fused-ring (bicyclic) bond motifs is 1. The molecule has 3 N–H and O–H groups in total. The molecule has 188 valence electrons. The predicted octanol–water partition coefficient (Wildman–Crippen LogP) is 4.84. The minimum atomic E-state index is -0.388. The molecule has 0 fully saturated rings. The molecular weight excluding hydrogens is 478 g/mol. The molecule has 3 heterocycles. The molecule has 0 aliphatic carbocycles. The number of rotatable bonds is 5. The van der Waals surface area contributed by atoms with Crippen molar-refractivity contribution in [1.82, 2.24) is 30.6 Å². The Balaban J connectivity index is 1.37. The van der Waals surface area contributed by atoms with E-state index in [0.29, 0.717) is 35.5 Å². The number of carbonyl (C=O) groups excluding carboxylic acids is 1. The van der Waals surface area contributed by atoms with E-state index < -0.39 is 0 Å². The number of nitrogens with zero attached hydrogens (tertiary/aromatic N) is 6. The van der Waals surface area contributed by atoms with E-state index in [4.69, 9.17) is 9.97 Å². The quantitative estimate of drug-likeness (QED) is 0.313. The Morgan fingerprint density at radius 1 is 0.895 bits per heavy atom. The van der Waals surface area contributed by atoms with E-state index in [1.807, 2.05) is 61.5 Å². The van der Waals surface area contributed by atoms with Crippen LogP contribution in [0.4, 0.5) is 22.2 Å². The number of anilines is 3. The Morgan fingerprint density at radius 2 is 1.66 bits per heavy atom. The molecule has 38 heavy (non-hydrogen) atoms. The molecular formula is C28H25N9O. The predicted molar refractivity (Wildman–Crippen MR) is 146 cm³/mol. The highest BCUT2D eigenvalue weighted by Gasteiger charge is 2.21. The Bertz CT molecular complexity index is 1580. The Kier molecular flexibility index (Phi) is 6.19. The van der Waals surface area contributed by atoms with Gasteiger partial charge in [-0.2, -0.15) is 4.98 Å². The average molecular weight is 504 g/mol. The smallest absolute Gasteiger partial charge is 0.324 e. The highest BCUT2D eigenvalue weighted by molar-refractivity contribution is 5.99. The van der Waals surface area contributed by atoms with E-state index in [-0.39, 0.29) is 6.03 Å². The molecule has 0 unspecified atom stereocenters. The Morgan fingerprint density at radius 3 is 2.45 bits per heavy atom. The molecule has 0 atom stereocenters. The van der Waals surface area contributed by atoms with Gasteiger partial charge in [-0.25, -0.2) is 14.9 Å². The lowest BCUT2D eigenvalue weighted by Gasteiger charge is -2.29. The van der Waals surface area contributed by atoms with Crippen molar-refractivity contribution in [2.75, 3.05) is 22.1 Å². The largest absolute Gasteiger partial charge is 0.336 e. The zero-order valence-electron chi connectivity index (χ0n) is 20.7. The summed E-state index contributed by atoms with van der Waals surface area (Å²) in [4.78, 5) is 24.7. The number of carbonyl (C=O) groups is 1. The number of hydrogen-bond donors (Lipinski definition) is 3. The fourth-order valence-electron chi connectivity index (χ4n) is 4.55. The van der Waals surface area contributed by atoms with Crippen LogP contribution in [0.2, 0.25) is 0 Å². The van der Waals surface area contributed by atoms with Crippen LogP contribution in [0, 0.1) is 6.92 Å². The molecule has 0 radical (unpaired) electrons. The minimum absolute atomic E-state index is 0.388. The van der Waals surface area contributed by atoms with Crippen LogP contribution in [0.5, 0.6) is 0 Å². The second-order valence-electron chi connectivity index (χ2n) is 9.12. The fourth-order valence-corrected chi connectivity index (χ4v) is 4.55. The summed E-state index contributed by atoms with van der Waals surface area (Å²) in [5.41, 5.74) is 6.64. The zero-order chi connectivity index (χ0) is 25.9. The monoisotopic (exact) mass is 503 g/mol. The number of aromatic amines is 1. The third-order valence-corrected chi connectivity index (χ3v) is 6.48. The maximum Gasteiger partial charge on any atom is 0.324 e. The zero-order valence-corrected chi connectivity index (χ0v) is 20.7. The SMILES string of the molecule is Cc1ccc(NC(=O)Nc2cc(-c3ccccc3-c3nnn[nH]3)nc(N3CCc4ccccc4C3)n2)cc1. The van der Waals surface area contributed by atoms with Crippen LogP contribution in [-0.4, -0.2) is 43.2 Å². The second kappa shape index (κ2) is 10.1. The van der Waals surface area contributed by atoms with Gasteiger partial charge in [0.1, 0.15) is 5.82 Å². The van der Waals surface area contributed by atoms with Crippen molar-refractivity contribution in [3.05, 3.63) is 95.6 Å². The third kappa shape index (κ3) is 4.92. The maximum absolute atomic E-state index is 12.9. The van der Waals surface area contributed by atoms with Crippen molar-refractivity contribution in [2.45, 2.75) is 19.9 Å². The van der Waals surface area contributed by atoms with Gasteiger partial charge in [0.25, 0.3) is 0 Å². The van der Waals surface area contributed by atoms with Crippen molar-refractivity contribution in [3.8, 4) is 22.6 Å². The van der Waals surface area contributed by atoms with Crippen LogP contribution < -0.4 is 15.5 Å². The van der Waals surface area contributed by atoms with Gasteiger partial charge >= 0.3 is 6.03 Å². The molecule has 1 aliphatic heterocycles. The van der Waals surface area contributed by atoms with Crippen molar-refractivity contribution >= 4 is 23.5 Å². The first-order valence-corrected chi connectivity index (χ1v) is 12.3. The molecule has 0 spiro atoms. The lowest BCUT2D eigenvalue weighted by Crippen LogP contribution is -2.32. The van der Waals surface area contributed by atoms with Crippen LogP contribution in [0.3, 0.4) is 0 Å². The lowest BCUT2D eigenvalue weighted by molar-refractivity contribution is 0.262. The Hall–Kier alpha value is -5.12. The first kappa shape index (κ1) is 23.3. The first-order chi connectivity index (χ1) is 18.6. The number of amides is 2. The van der Waals surface area contributed by atoms with E-state index >= 15 is 0 Å². The number of aryl methyl sites for hydroxylation is 1. The number of hydrogen-bond acceptors (Lipinski definition) is 7. The number of aromatic nitrogens is 6. The van der Waals surface area contributed by atoms with Crippen LogP contribution in [0.15, 0.2) is 78.9 Å². The van der Waals surface area contributed by atoms with Gasteiger partial charge in [0.2, 0.25) is 5.95 Å². The summed E-state index contributed by atoms with van der Waals surface area (Å²) in [5, 5.41) is 20.1. The fraction of sp³-hybridized carbons (Fsp3) is 0.143. The van der Waals surface area contributed by atoms with Gasteiger partial charge in [-0.3, -0.25) is 5.32 Å². The lowest BCUT2D eigenvalue weighted by atomic mass is 10.0. The molecule has 6 rings (SSSR count). The van der Waals surface area contributed by atoms with Crippen LogP contribution >= 0.6 is 0 Å². The molecule has 10 nitrogen and oxygen atoms in total. The highest BCUT2D eigenvalue weighted by atomic mass is 16.2. The van der Waals surface area contributed by atoms with Crippen molar-refractivity contribution in [1.29, 1.82) is 0 Å². The summed E-state index contributed by atoms with van der Waals surface area (Å²) in [6, 6.07) is 25.1. The van der Waals surface area contributed by atoms with Crippen LogP contribution in [0.1, 0.15) is 16.7 Å². The molecule has 3 aromatic carbocycles. The Labute approximate surface area is 219 Å². The van der Waals surface area contributed by atoms with Gasteiger partial charge in [-0.1, -0.05) is 66.2 Å². The summed E-state index contributed by atoms with van der Waals surface area (Å²) in [6.07, 6.45) is 0.890. The molecule has 2 amide bonds. The molecule has 1 aliphatic rings. The third-order valence-electron chi connectivity index (χ3n) is 6.48. The van der Waals surface area contributed by atoms with Crippen molar-refractivity contribution in [3.63, 3.8) is 0 Å². The van der Waals surface area contributed by atoms with E-state index in [1.165, 1.54) is 11.1 Å². The van der Waals surface area contributed by atoms with Gasteiger partial charge in [0.15, 0.2) is 5.82 Å². The molecule has 10 heteroatoms. The number of H-pyrrole nitrogens is 1. The van der Waals surface area contributed by atoms with Gasteiger partial charge in [0.05, 0.1) is 5.69 Å². The summed E-state index contributed by atoms with van der Waals surface area (Å²) in [6.45, 7) is 3.45. The summed E-state index contributed by atoms with van der Waals surface area (Å²) in [5.74, 6) is 1.45. The molecule has 5 aromatic rings. The normalized spacial score (nSPS) is 12.6. The molecule has 2 aromatic heterocycles. The molecule has 0 saturated carbocycles. The first-order valence-electron chi connectivity index (χ1n) is 12.3. The molecule has 0 bridgehead atoms. The number of nitrogens with one attached hydrogen (secondary N) is 3. The van der Waals surface area contributed by atoms with Crippen LogP contribution in [0.25, 0.3) is 22.6 Å². The van der Waals surface area contributed by atoms with E-state index in [2.05, 4.69) is 54.4 Å². The van der Waals surface area contributed by atoms with E-state index in [0.717, 1.165) is 29.7 Å². The van der Waals surface area contributed by atoms with E-state index in [9.17, 15) is 4.79 Å². The van der Waals surface area contributed by atoms with Crippen molar-refractivity contribution in [2.24, 2.45) is 0 Å². The number of urea groups is 1. The van der Waals surface area contributed by atoms with Gasteiger partial charge < -0.3 is 10.2 Å². The molecule has 0 saturated heterocycles. The number of tetrazole rings is 1. The minimum Gasteiger partial charge on any atom is -0.336 e.